The first-order valence-corrected chi connectivity index (χ1v) is 8.46. The third-order valence-corrected chi connectivity index (χ3v) is 4.46. The quantitative estimate of drug-likeness (QED) is 0.765. The number of aromatic nitrogens is 4. The van der Waals surface area contributed by atoms with E-state index in [1.54, 1.807) is 7.05 Å². The van der Waals surface area contributed by atoms with Gasteiger partial charge in [0.1, 0.15) is 0 Å². The van der Waals surface area contributed by atoms with Crippen LogP contribution in [0.3, 0.4) is 0 Å². The fraction of sp³-hybridized carbons (Fsp3) is 0.389. The molecule has 0 unspecified atom stereocenters. The lowest BCUT2D eigenvalue weighted by Gasteiger charge is -2.21. The number of hydrogen-bond acceptors (Lipinski definition) is 4. The summed E-state index contributed by atoms with van der Waals surface area (Å²) in [6, 6.07) is 8.16. The van der Waals surface area contributed by atoms with Crippen molar-refractivity contribution in [3.63, 3.8) is 0 Å². The molecule has 0 aliphatic rings. The zero-order valence-electron chi connectivity index (χ0n) is 15.0. The van der Waals surface area contributed by atoms with Crippen LogP contribution in [0.5, 0.6) is 0 Å². The first-order chi connectivity index (χ1) is 12.0. The number of H-pyrrole nitrogens is 1. The van der Waals surface area contributed by atoms with Crippen LogP contribution in [0.2, 0.25) is 0 Å². The fourth-order valence-corrected chi connectivity index (χ4v) is 3.11. The zero-order valence-corrected chi connectivity index (χ0v) is 15.0. The van der Waals surface area contributed by atoms with Crippen LogP contribution in [0.1, 0.15) is 25.0 Å². The van der Waals surface area contributed by atoms with Crippen LogP contribution in [0.25, 0.3) is 11.2 Å². The zero-order chi connectivity index (χ0) is 18.1. The van der Waals surface area contributed by atoms with Gasteiger partial charge in [-0.25, -0.2) is 4.79 Å². The number of anilines is 1. The van der Waals surface area contributed by atoms with E-state index in [9.17, 15) is 9.59 Å². The highest BCUT2D eigenvalue weighted by molar-refractivity contribution is 5.74. The van der Waals surface area contributed by atoms with Crippen molar-refractivity contribution < 1.29 is 0 Å². The smallest absolute Gasteiger partial charge is 0.329 e. The number of benzene rings is 1. The van der Waals surface area contributed by atoms with Crippen molar-refractivity contribution in [1.82, 2.24) is 19.1 Å². The highest BCUT2D eigenvalue weighted by atomic mass is 16.2. The van der Waals surface area contributed by atoms with Crippen LogP contribution in [-0.4, -0.2) is 32.2 Å². The number of fused-ring (bicyclic) bond motifs is 1. The SMILES string of the molecule is CCN(CC)c1nc2c(c(=O)[nH]c(=O)n2C)n1Cc1cccc(C)c1. The van der Waals surface area contributed by atoms with Gasteiger partial charge in [-0.05, 0) is 26.3 Å². The Hall–Kier alpha value is -2.83. The molecule has 1 N–H and O–H groups in total. The first kappa shape index (κ1) is 17.0. The summed E-state index contributed by atoms with van der Waals surface area (Å²) >= 11 is 0. The van der Waals surface area contributed by atoms with Crippen molar-refractivity contribution >= 4 is 17.1 Å². The Bertz CT molecular complexity index is 1020. The Morgan fingerprint density at radius 3 is 2.56 bits per heavy atom. The summed E-state index contributed by atoms with van der Waals surface area (Å²) in [5.74, 6) is 0.702. The van der Waals surface area contributed by atoms with Crippen molar-refractivity contribution in [3.8, 4) is 0 Å². The molecule has 25 heavy (non-hydrogen) atoms. The van der Waals surface area contributed by atoms with Gasteiger partial charge < -0.3 is 4.90 Å². The molecule has 2 aromatic heterocycles. The van der Waals surface area contributed by atoms with Gasteiger partial charge in [0, 0.05) is 20.1 Å². The first-order valence-electron chi connectivity index (χ1n) is 8.46. The van der Waals surface area contributed by atoms with Gasteiger partial charge in [-0.2, -0.15) is 4.98 Å². The van der Waals surface area contributed by atoms with E-state index in [0.29, 0.717) is 23.7 Å². The van der Waals surface area contributed by atoms with E-state index in [2.05, 4.69) is 20.9 Å². The lowest BCUT2D eigenvalue weighted by atomic mass is 10.1. The summed E-state index contributed by atoms with van der Waals surface area (Å²) < 4.78 is 3.28. The summed E-state index contributed by atoms with van der Waals surface area (Å²) in [5, 5.41) is 0. The third kappa shape index (κ3) is 2.97. The number of nitrogens with zero attached hydrogens (tertiary/aromatic N) is 4. The van der Waals surface area contributed by atoms with Crippen LogP contribution in [-0.2, 0) is 13.6 Å². The van der Waals surface area contributed by atoms with Gasteiger partial charge in [-0.1, -0.05) is 29.8 Å². The molecule has 7 heteroatoms. The Labute approximate surface area is 145 Å². The molecule has 3 rings (SSSR count). The van der Waals surface area contributed by atoms with Gasteiger partial charge >= 0.3 is 5.69 Å². The van der Waals surface area contributed by atoms with Crippen LogP contribution in [0, 0.1) is 6.92 Å². The number of nitrogens with one attached hydrogen (secondary N) is 1. The van der Waals surface area contributed by atoms with Crippen molar-refractivity contribution in [3.05, 3.63) is 56.2 Å². The molecule has 0 atom stereocenters. The molecule has 0 spiro atoms. The molecule has 0 radical (unpaired) electrons. The Balaban J connectivity index is 2.30. The molecule has 0 amide bonds. The second-order valence-electron chi connectivity index (χ2n) is 6.15. The van der Waals surface area contributed by atoms with E-state index in [1.807, 2.05) is 43.5 Å². The van der Waals surface area contributed by atoms with E-state index in [-0.39, 0.29) is 0 Å². The maximum absolute atomic E-state index is 12.5. The second-order valence-corrected chi connectivity index (χ2v) is 6.15. The van der Waals surface area contributed by atoms with E-state index >= 15 is 0 Å². The van der Waals surface area contributed by atoms with E-state index in [1.165, 1.54) is 4.57 Å². The monoisotopic (exact) mass is 341 g/mol. The number of hydrogen-bond donors (Lipinski definition) is 1. The van der Waals surface area contributed by atoms with E-state index in [4.69, 9.17) is 0 Å². The Morgan fingerprint density at radius 1 is 1.20 bits per heavy atom. The standard InChI is InChI=1S/C18H23N5O2/c1-5-22(6-2)17-19-15-14(16(24)20-18(25)21(15)4)23(17)11-13-9-7-8-12(3)10-13/h7-10H,5-6,11H2,1-4H3,(H,20,24,25). The van der Waals surface area contributed by atoms with E-state index < -0.39 is 11.2 Å². The third-order valence-electron chi connectivity index (χ3n) is 4.46. The summed E-state index contributed by atoms with van der Waals surface area (Å²) in [5.41, 5.74) is 2.21. The fourth-order valence-electron chi connectivity index (χ4n) is 3.11. The maximum atomic E-state index is 12.5. The summed E-state index contributed by atoms with van der Waals surface area (Å²) in [6.07, 6.45) is 0. The molecule has 0 aliphatic heterocycles. The molecule has 2 heterocycles. The molecule has 132 valence electrons. The second kappa shape index (κ2) is 6.58. The normalized spacial score (nSPS) is 11.2. The highest BCUT2D eigenvalue weighted by Crippen LogP contribution is 2.21. The topological polar surface area (TPSA) is 75.9 Å². The average molecular weight is 341 g/mol. The largest absolute Gasteiger partial charge is 0.343 e. The van der Waals surface area contributed by atoms with Crippen molar-refractivity contribution in [1.29, 1.82) is 0 Å². The molecule has 0 saturated carbocycles. The molecule has 0 aliphatic carbocycles. The molecule has 7 nitrogen and oxygen atoms in total. The van der Waals surface area contributed by atoms with Gasteiger partial charge in [0.15, 0.2) is 11.2 Å². The molecule has 0 saturated heterocycles. The van der Waals surface area contributed by atoms with Crippen molar-refractivity contribution in [2.75, 3.05) is 18.0 Å². The van der Waals surface area contributed by atoms with Gasteiger partial charge in [0.05, 0.1) is 6.54 Å². The highest BCUT2D eigenvalue weighted by Gasteiger charge is 2.20. The molecule has 0 bridgehead atoms. The van der Waals surface area contributed by atoms with Crippen LogP contribution >= 0.6 is 0 Å². The molecule has 1 aromatic carbocycles. The number of aryl methyl sites for hydroxylation is 2. The summed E-state index contributed by atoms with van der Waals surface area (Å²) in [4.78, 5) is 33.5. The summed E-state index contributed by atoms with van der Waals surface area (Å²) in [7, 11) is 1.62. The van der Waals surface area contributed by atoms with Gasteiger partial charge in [0.2, 0.25) is 5.95 Å². The Morgan fingerprint density at radius 2 is 1.92 bits per heavy atom. The number of rotatable bonds is 5. The predicted molar refractivity (Wildman–Crippen MR) is 99.4 cm³/mol. The maximum Gasteiger partial charge on any atom is 0.329 e. The minimum absolute atomic E-state index is 0.406. The van der Waals surface area contributed by atoms with Crippen molar-refractivity contribution in [2.24, 2.45) is 7.05 Å². The molecular formula is C18H23N5O2. The average Bonchev–Trinajstić information content (AvgIpc) is 2.94. The van der Waals surface area contributed by atoms with E-state index in [0.717, 1.165) is 24.2 Å². The molecule has 0 fully saturated rings. The van der Waals surface area contributed by atoms with Gasteiger partial charge in [-0.15, -0.1) is 0 Å². The molecular weight excluding hydrogens is 318 g/mol. The number of aromatic amines is 1. The lowest BCUT2D eigenvalue weighted by Crippen LogP contribution is -2.29. The van der Waals surface area contributed by atoms with Crippen LogP contribution in [0.4, 0.5) is 5.95 Å². The Kier molecular flexibility index (Phi) is 4.48. The molecule has 3 aromatic rings. The minimum Gasteiger partial charge on any atom is -0.343 e. The summed E-state index contributed by atoms with van der Waals surface area (Å²) in [6.45, 7) is 8.17. The van der Waals surface area contributed by atoms with Crippen LogP contribution in [0.15, 0.2) is 33.9 Å². The van der Waals surface area contributed by atoms with Gasteiger partial charge in [-0.3, -0.25) is 18.9 Å². The lowest BCUT2D eigenvalue weighted by molar-refractivity contribution is 0.744. The van der Waals surface area contributed by atoms with Crippen molar-refractivity contribution in [2.45, 2.75) is 27.3 Å². The van der Waals surface area contributed by atoms with Crippen LogP contribution < -0.4 is 16.1 Å². The minimum atomic E-state index is -0.455. The van der Waals surface area contributed by atoms with Gasteiger partial charge in [0.25, 0.3) is 5.56 Å². The predicted octanol–water partition coefficient (Wildman–Crippen LogP) is 1.63. The number of imidazole rings is 1.